The van der Waals surface area contributed by atoms with Gasteiger partial charge in [0.05, 0.1) is 17.7 Å². The van der Waals surface area contributed by atoms with E-state index in [0.717, 1.165) is 37.3 Å². The number of halogens is 1. The second-order valence-electron chi connectivity index (χ2n) is 5.07. The van der Waals surface area contributed by atoms with Gasteiger partial charge in [-0.2, -0.15) is 0 Å². The Hall–Kier alpha value is -0.720. The van der Waals surface area contributed by atoms with Crippen LogP contribution in [-0.4, -0.2) is 53.8 Å². The van der Waals surface area contributed by atoms with E-state index in [2.05, 4.69) is 50.0 Å². The lowest BCUT2D eigenvalue weighted by atomic mass is 10.0. The lowest BCUT2D eigenvalue weighted by molar-refractivity contribution is 0.00951. The van der Waals surface area contributed by atoms with Gasteiger partial charge in [0.15, 0.2) is 0 Å². The third-order valence-corrected chi connectivity index (χ3v) is 3.78. The minimum atomic E-state index is 0.483. The molecule has 0 spiro atoms. The molecule has 6 heteroatoms. The summed E-state index contributed by atoms with van der Waals surface area (Å²) >= 11 is 3.34. The van der Waals surface area contributed by atoms with Crippen LogP contribution in [0.15, 0.2) is 16.9 Å². The summed E-state index contributed by atoms with van der Waals surface area (Å²) < 4.78 is 6.31. The van der Waals surface area contributed by atoms with Gasteiger partial charge in [-0.05, 0) is 21.8 Å². The number of morpholine rings is 1. The maximum Gasteiger partial charge on any atom is 0.222 e. The quantitative estimate of drug-likeness (QED) is 0.896. The summed E-state index contributed by atoms with van der Waals surface area (Å²) in [6, 6.07) is 0.483. The maximum atomic E-state index is 5.41. The van der Waals surface area contributed by atoms with Crippen molar-refractivity contribution >= 4 is 21.9 Å². The Morgan fingerprint density at radius 3 is 2.53 bits per heavy atom. The molecule has 0 saturated carbocycles. The topological polar surface area (TPSA) is 50.3 Å². The van der Waals surface area contributed by atoms with Crippen LogP contribution in [0.2, 0.25) is 0 Å². The third kappa shape index (κ3) is 4.40. The van der Waals surface area contributed by atoms with E-state index in [1.165, 1.54) is 0 Å². The van der Waals surface area contributed by atoms with Gasteiger partial charge < -0.3 is 10.1 Å². The van der Waals surface area contributed by atoms with Gasteiger partial charge in [-0.1, -0.05) is 13.8 Å². The fourth-order valence-electron chi connectivity index (χ4n) is 2.29. The van der Waals surface area contributed by atoms with Crippen LogP contribution in [0.5, 0.6) is 0 Å². The van der Waals surface area contributed by atoms with Gasteiger partial charge in [-0.15, -0.1) is 0 Å². The molecule has 1 aliphatic heterocycles. The van der Waals surface area contributed by atoms with Crippen molar-refractivity contribution in [2.75, 3.05) is 38.2 Å². The summed E-state index contributed by atoms with van der Waals surface area (Å²) in [6.45, 7) is 9.04. The van der Waals surface area contributed by atoms with Gasteiger partial charge in [0.25, 0.3) is 0 Å². The lowest BCUT2D eigenvalue weighted by Crippen LogP contribution is -2.49. The molecule has 0 aromatic carbocycles. The number of aromatic nitrogens is 2. The number of ether oxygens (including phenoxy) is 1. The van der Waals surface area contributed by atoms with E-state index in [4.69, 9.17) is 4.74 Å². The molecule has 5 nitrogen and oxygen atoms in total. The maximum absolute atomic E-state index is 5.41. The first-order valence-corrected chi connectivity index (χ1v) is 7.49. The normalized spacial score (nSPS) is 18.5. The zero-order valence-electron chi connectivity index (χ0n) is 11.5. The summed E-state index contributed by atoms with van der Waals surface area (Å²) in [7, 11) is 0. The molecule has 1 atom stereocenters. The SMILES string of the molecule is CC(C)C(CNc1ncc(Br)cn1)N1CCOCC1. The molecular formula is C13H21BrN4O. The first-order valence-electron chi connectivity index (χ1n) is 6.70. The number of hydrogen-bond donors (Lipinski definition) is 1. The highest BCUT2D eigenvalue weighted by Crippen LogP contribution is 2.14. The fraction of sp³-hybridized carbons (Fsp3) is 0.692. The van der Waals surface area contributed by atoms with Crippen molar-refractivity contribution < 1.29 is 4.74 Å². The fourth-order valence-corrected chi connectivity index (χ4v) is 2.50. The van der Waals surface area contributed by atoms with E-state index < -0.39 is 0 Å². The molecule has 1 saturated heterocycles. The molecule has 1 fully saturated rings. The monoisotopic (exact) mass is 328 g/mol. The molecule has 19 heavy (non-hydrogen) atoms. The Balaban J connectivity index is 1.91. The number of nitrogens with zero attached hydrogens (tertiary/aromatic N) is 3. The van der Waals surface area contributed by atoms with Gasteiger partial charge in [0.2, 0.25) is 5.95 Å². The second-order valence-corrected chi connectivity index (χ2v) is 5.98. The van der Waals surface area contributed by atoms with Crippen LogP contribution in [0.25, 0.3) is 0 Å². The van der Waals surface area contributed by atoms with Crippen LogP contribution in [0, 0.1) is 5.92 Å². The highest BCUT2D eigenvalue weighted by atomic mass is 79.9. The van der Waals surface area contributed by atoms with Gasteiger partial charge in [0.1, 0.15) is 0 Å². The largest absolute Gasteiger partial charge is 0.379 e. The Kier molecular flexibility index (Phi) is 5.54. The van der Waals surface area contributed by atoms with E-state index in [-0.39, 0.29) is 0 Å². The van der Waals surface area contributed by atoms with Crippen molar-refractivity contribution in [3.05, 3.63) is 16.9 Å². The van der Waals surface area contributed by atoms with Crippen molar-refractivity contribution in [1.29, 1.82) is 0 Å². The van der Waals surface area contributed by atoms with Gasteiger partial charge in [-0.25, -0.2) is 9.97 Å². The van der Waals surface area contributed by atoms with Gasteiger partial charge >= 0.3 is 0 Å². The molecule has 0 aliphatic carbocycles. The van der Waals surface area contributed by atoms with Crippen LogP contribution in [0.3, 0.4) is 0 Å². The Morgan fingerprint density at radius 1 is 1.32 bits per heavy atom. The number of hydrogen-bond acceptors (Lipinski definition) is 5. The molecule has 0 radical (unpaired) electrons. The molecule has 1 N–H and O–H groups in total. The Bertz CT molecular complexity index is 379. The van der Waals surface area contributed by atoms with Crippen molar-refractivity contribution in [3.63, 3.8) is 0 Å². The zero-order chi connectivity index (χ0) is 13.7. The van der Waals surface area contributed by atoms with Crippen LogP contribution < -0.4 is 5.32 Å². The summed E-state index contributed by atoms with van der Waals surface area (Å²) in [6.07, 6.45) is 3.52. The van der Waals surface area contributed by atoms with Crippen LogP contribution in [-0.2, 0) is 4.74 Å². The average Bonchev–Trinajstić information content (AvgIpc) is 2.42. The second kappa shape index (κ2) is 7.17. The highest BCUT2D eigenvalue weighted by molar-refractivity contribution is 9.10. The molecule has 0 bridgehead atoms. The summed E-state index contributed by atoms with van der Waals surface area (Å²) in [4.78, 5) is 11.0. The predicted octanol–water partition coefficient (Wildman–Crippen LogP) is 2.01. The van der Waals surface area contributed by atoms with E-state index in [1.807, 2.05) is 0 Å². The predicted molar refractivity (Wildman–Crippen MR) is 79.2 cm³/mol. The first kappa shape index (κ1) is 14.7. The zero-order valence-corrected chi connectivity index (χ0v) is 13.1. The molecule has 1 unspecified atom stereocenters. The molecule has 1 aromatic heterocycles. The number of anilines is 1. The minimum absolute atomic E-state index is 0.483. The highest BCUT2D eigenvalue weighted by Gasteiger charge is 2.23. The van der Waals surface area contributed by atoms with Crippen LogP contribution in [0.4, 0.5) is 5.95 Å². The Morgan fingerprint density at radius 2 is 1.95 bits per heavy atom. The summed E-state index contributed by atoms with van der Waals surface area (Å²) in [5.41, 5.74) is 0. The standard InChI is InChI=1S/C13H21BrN4O/c1-10(2)12(18-3-5-19-6-4-18)9-17-13-15-7-11(14)8-16-13/h7-8,10,12H,3-6,9H2,1-2H3,(H,15,16,17). The minimum Gasteiger partial charge on any atom is -0.379 e. The van der Waals surface area contributed by atoms with Crippen LogP contribution >= 0.6 is 15.9 Å². The van der Waals surface area contributed by atoms with E-state index in [1.54, 1.807) is 12.4 Å². The smallest absolute Gasteiger partial charge is 0.222 e. The van der Waals surface area contributed by atoms with Crippen molar-refractivity contribution in [2.45, 2.75) is 19.9 Å². The molecular weight excluding hydrogens is 308 g/mol. The van der Waals surface area contributed by atoms with Crippen molar-refractivity contribution in [1.82, 2.24) is 14.9 Å². The van der Waals surface area contributed by atoms with Crippen molar-refractivity contribution in [3.8, 4) is 0 Å². The van der Waals surface area contributed by atoms with Gasteiger partial charge in [0, 0.05) is 38.1 Å². The van der Waals surface area contributed by atoms with E-state index in [0.29, 0.717) is 17.9 Å². The van der Waals surface area contributed by atoms with Gasteiger partial charge in [-0.3, -0.25) is 4.90 Å². The molecule has 2 heterocycles. The van der Waals surface area contributed by atoms with Crippen LogP contribution in [0.1, 0.15) is 13.8 Å². The number of nitrogens with one attached hydrogen (secondary N) is 1. The molecule has 0 amide bonds. The van der Waals surface area contributed by atoms with E-state index >= 15 is 0 Å². The number of rotatable bonds is 5. The van der Waals surface area contributed by atoms with Crippen molar-refractivity contribution in [2.24, 2.45) is 5.92 Å². The summed E-state index contributed by atoms with van der Waals surface area (Å²) in [5, 5.41) is 3.33. The lowest BCUT2D eigenvalue weighted by Gasteiger charge is -2.36. The molecule has 2 rings (SSSR count). The first-order chi connectivity index (χ1) is 9.16. The molecule has 1 aromatic rings. The third-order valence-electron chi connectivity index (χ3n) is 3.37. The summed E-state index contributed by atoms with van der Waals surface area (Å²) in [5.74, 6) is 1.27. The molecule has 1 aliphatic rings. The average molecular weight is 329 g/mol. The van der Waals surface area contributed by atoms with E-state index in [9.17, 15) is 0 Å². The molecule has 106 valence electrons. The Labute approximate surface area is 122 Å².